The van der Waals surface area contributed by atoms with Gasteiger partial charge in [0.05, 0.1) is 5.39 Å². The maximum absolute atomic E-state index is 13.2. The van der Waals surface area contributed by atoms with E-state index in [1.54, 1.807) is 18.3 Å². The lowest BCUT2D eigenvalue weighted by atomic mass is 10.2. The van der Waals surface area contributed by atoms with Crippen LogP contribution in [0.2, 0.25) is 0 Å². The number of halogens is 3. The van der Waals surface area contributed by atoms with Crippen molar-refractivity contribution in [3.63, 3.8) is 0 Å². The molecule has 0 radical (unpaired) electrons. The van der Waals surface area contributed by atoms with Crippen molar-refractivity contribution in [2.45, 2.75) is 32.6 Å². The van der Waals surface area contributed by atoms with Crippen molar-refractivity contribution in [2.24, 2.45) is 0 Å². The minimum atomic E-state index is -4.52. The molecule has 142 valence electrons. The van der Waals surface area contributed by atoms with Gasteiger partial charge in [-0.05, 0) is 32.0 Å². The maximum Gasteiger partial charge on any atom is 0.433 e. The standard InChI is InChI=1S/C18H19F3N6/c1-11(2)27(3)17-25-15-13(7-5-9-23-15)16(26-17)24-10-12-6-4-8-22-14(12)18(19,20)21/h4-9,11H,10H2,1-3H3,(H,23,24,25,26). The molecule has 3 aromatic heterocycles. The van der Waals surface area contributed by atoms with Crippen LogP contribution < -0.4 is 10.2 Å². The molecule has 0 aliphatic carbocycles. The number of rotatable bonds is 5. The van der Waals surface area contributed by atoms with Gasteiger partial charge in [0.1, 0.15) is 11.5 Å². The quantitative estimate of drug-likeness (QED) is 0.729. The number of nitrogens with one attached hydrogen (secondary N) is 1. The van der Waals surface area contributed by atoms with E-state index in [1.807, 2.05) is 25.8 Å². The molecule has 9 heteroatoms. The molecule has 0 aliphatic heterocycles. The number of aromatic nitrogens is 4. The Morgan fingerprint density at radius 2 is 1.78 bits per heavy atom. The van der Waals surface area contributed by atoms with Gasteiger partial charge in [-0.25, -0.2) is 4.98 Å². The average molecular weight is 376 g/mol. The predicted octanol–water partition coefficient (Wildman–Crippen LogP) is 3.90. The summed E-state index contributed by atoms with van der Waals surface area (Å²) < 4.78 is 39.5. The van der Waals surface area contributed by atoms with Crippen LogP contribution in [0, 0.1) is 0 Å². The normalized spacial score (nSPS) is 11.8. The highest BCUT2D eigenvalue weighted by molar-refractivity contribution is 5.87. The van der Waals surface area contributed by atoms with Crippen LogP contribution in [0.15, 0.2) is 36.7 Å². The number of hydrogen-bond donors (Lipinski definition) is 1. The fourth-order valence-electron chi connectivity index (χ4n) is 2.49. The third-order valence-electron chi connectivity index (χ3n) is 4.16. The molecule has 0 aromatic carbocycles. The van der Waals surface area contributed by atoms with Gasteiger partial charge in [0.25, 0.3) is 0 Å². The molecule has 3 rings (SSSR count). The van der Waals surface area contributed by atoms with E-state index in [9.17, 15) is 13.2 Å². The highest BCUT2D eigenvalue weighted by Crippen LogP contribution is 2.31. The SMILES string of the molecule is CC(C)N(C)c1nc(NCc2cccnc2C(F)(F)F)c2cccnc2n1. The summed E-state index contributed by atoms with van der Waals surface area (Å²) in [6.07, 6.45) is -1.77. The second-order valence-electron chi connectivity index (χ2n) is 6.31. The van der Waals surface area contributed by atoms with Gasteiger partial charge in [0, 0.05) is 37.6 Å². The number of pyridine rings is 2. The lowest BCUT2D eigenvalue weighted by Gasteiger charge is -2.22. The molecule has 0 atom stereocenters. The number of hydrogen-bond acceptors (Lipinski definition) is 6. The van der Waals surface area contributed by atoms with Gasteiger partial charge >= 0.3 is 6.18 Å². The van der Waals surface area contributed by atoms with Gasteiger partial charge in [-0.2, -0.15) is 23.1 Å². The van der Waals surface area contributed by atoms with Gasteiger partial charge < -0.3 is 10.2 Å². The lowest BCUT2D eigenvalue weighted by Crippen LogP contribution is -2.28. The first-order valence-electron chi connectivity index (χ1n) is 8.38. The summed E-state index contributed by atoms with van der Waals surface area (Å²) in [4.78, 5) is 18.5. The molecule has 1 N–H and O–H groups in total. The Bertz CT molecular complexity index is 942. The van der Waals surface area contributed by atoms with Crippen molar-refractivity contribution in [1.29, 1.82) is 0 Å². The van der Waals surface area contributed by atoms with Crippen LogP contribution in [0.4, 0.5) is 24.9 Å². The molecule has 6 nitrogen and oxygen atoms in total. The van der Waals surface area contributed by atoms with Gasteiger partial charge in [0.15, 0.2) is 5.65 Å². The van der Waals surface area contributed by atoms with Crippen molar-refractivity contribution in [1.82, 2.24) is 19.9 Å². The molecule has 0 amide bonds. The third-order valence-corrected chi connectivity index (χ3v) is 4.16. The summed E-state index contributed by atoms with van der Waals surface area (Å²) in [7, 11) is 1.85. The summed E-state index contributed by atoms with van der Waals surface area (Å²) >= 11 is 0. The van der Waals surface area contributed by atoms with Crippen molar-refractivity contribution in [3.05, 3.63) is 47.9 Å². The van der Waals surface area contributed by atoms with Crippen molar-refractivity contribution in [2.75, 3.05) is 17.3 Å². The Labute approximate surface area is 154 Å². The van der Waals surface area contributed by atoms with Gasteiger partial charge in [-0.1, -0.05) is 6.07 Å². The van der Waals surface area contributed by atoms with Crippen LogP contribution in [0.25, 0.3) is 11.0 Å². The van der Waals surface area contributed by atoms with Crippen LogP contribution in [0.5, 0.6) is 0 Å². The summed E-state index contributed by atoms with van der Waals surface area (Å²) in [5, 5.41) is 3.63. The Hall–Kier alpha value is -2.97. The first-order chi connectivity index (χ1) is 12.8. The zero-order valence-corrected chi connectivity index (χ0v) is 15.1. The smallest absolute Gasteiger partial charge is 0.365 e. The summed E-state index contributed by atoms with van der Waals surface area (Å²) in [6, 6.07) is 6.52. The third kappa shape index (κ3) is 4.07. The van der Waals surface area contributed by atoms with Crippen LogP contribution in [0.1, 0.15) is 25.1 Å². The topological polar surface area (TPSA) is 66.8 Å². The van der Waals surface area contributed by atoms with E-state index in [0.29, 0.717) is 22.8 Å². The Kier molecular flexibility index (Phi) is 5.11. The second-order valence-corrected chi connectivity index (χ2v) is 6.31. The fraction of sp³-hybridized carbons (Fsp3) is 0.333. The molecule has 0 bridgehead atoms. The number of nitrogens with zero attached hydrogens (tertiary/aromatic N) is 5. The molecule has 3 heterocycles. The molecule has 3 aromatic rings. The minimum absolute atomic E-state index is 0.0411. The van der Waals surface area contributed by atoms with E-state index in [2.05, 4.69) is 25.3 Å². The van der Waals surface area contributed by atoms with Crippen LogP contribution in [-0.2, 0) is 12.7 Å². The minimum Gasteiger partial charge on any atom is -0.365 e. The Balaban J connectivity index is 1.98. The first kappa shape index (κ1) is 18.8. The number of alkyl halides is 3. The van der Waals surface area contributed by atoms with Crippen LogP contribution >= 0.6 is 0 Å². The largest absolute Gasteiger partial charge is 0.433 e. The molecule has 0 saturated carbocycles. The summed E-state index contributed by atoms with van der Waals surface area (Å²) in [6.45, 7) is 3.91. The molecule has 0 spiro atoms. The van der Waals surface area contributed by atoms with Gasteiger partial charge in [-0.3, -0.25) is 4.98 Å². The monoisotopic (exact) mass is 376 g/mol. The van der Waals surface area contributed by atoms with E-state index in [-0.39, 0.29) is 18.2 Å². The van der Waals surface area contributed by atoms with Crippen molar-refractivity contribution >= 4 is 22.8 Å². The molecule has 0 fully saturated rings. The lowest BCUT2D eigenvalue weighted by molar-refractivity contribution is -0.141. The highest BCUT2D eigenvalue weighted by atomic mass is 19.4. The Morgan fingerprint density at radius 1 is 1.07 bits per heavy atom. The van der Waals surface area contributed by atoms with Crippen LogP contribution in [0.3, 0.4) is 0 Å². The van der Waals surface area contributed by atoms with E-state index in [0.717, 1.165) is 6.20 Å². The van der Waals surface area contributed by atoms with Crippen molar-refractivity contribution in [3.8, 4) is 0 Å². The van der Waals surface area contributed by atoms with Gasteiger partial charge in [-0.15, -0.1) is 0 Å². The summed E-state index contributed by atoms with van der Waals surface area (Å²) in [5.74, 6) is 0.869. The fourth-order valence-corrected chi connectivity index (χ4v) is 2.49. The highest BCUT2D eigenvalue weighted by Gasteiger charge is 2.34. The zero-order chi connectivity index (χ0) is 19.6. The van der Waals surface area contributed by atoms with E-state index < -0.39 is 11.9 Å². The molecular weight excluding hydrogens is 357 g/mol. The molecular formula is C18H19F3N6. The maximum atomic E-state index is 13.2. The van der Waals surface area contributed by atoms with E-state index >= 15 is 0 Å². The number of fused-ring (bicyclic) bond motifs is 1. The molecule has 0 saturated heterocycles. The second kappa shape index (κ2) is 7.34. The van der Waals surface area contributed by atoms with E-state index in [4.69, 9.17) is 0 Å². The molecule has 27 heavy (non-hydrogen) atoms. The van der Waals surface area contributed by atoms with Crippen LogP contribution in [-0.4, -0.2) is 33.0 Å². The van der Waals surface area contributed by atoms with E-state index in [1.165, 1.54) is 12.1 Å². The number of anilines is 2. The molecule has 0 unspecified atom stereocenters. The zero-order valence-electron chi connectivity index (χ0n) is 15.1. The van der Waals surface area contributed by atoms with Gasteiger partial charge in [0.2, 0.25) is 5.95 Å². The average Bonchev–Trinajstić information content (AvgIpc) is 2.64. The summed E-state index contributed by atoms with van der Waals surface area (Å²) in [5.41, 5.74) is -0.396. The predicted molar refractivity (Wildman–Crippen MR) is 97.4 cm³/mol. The van der Waals surface area contributed by atoms with Crippen molar-refractivity contribution < 1.29 is 13.2 Å². The molecule has 0 aliphatic rings. The Morgan fingerprint density at radius 3 is 2.48 bits per heavy atom. The first-order valence-corrected chi connectivity index (χ1v) is 8.38.